The third kappa shape index (κ3) is 6.04. The van der Waals surface area contributed by atoms with E-state index in [0.29, 0.717) is 18.0 Å². The quantitative estimate of drug-likeness (QED) is 0.731. The Labute approximate surface area is 152 Å². The van der Waals surface area contributed by atoms with E-state index in [0.717, 1.165) is 11.3 Å². The van der Waals surface area contributed by atoms with Gasteiger partial charge in [-0.3, -0.25) is 4.79 Å². The highest BCUT2D eigenvalue weighted by Gasteiger charge is 2.15. The molecule has 6 nitrogen and oxygen atoms in total. The second kappa shape index (κ2) is 8.84. The molecule has 0 unspecified atom stereocenters. The molecule has 0 bridgehead atoms. The van der Waals surface area contributed by atoms with Crippen molar-refractivity contribution in [2.45, 2.75) is 11.3 Å². The number of hydrogen-bond acceptors (Lipinski definition) is 4. The Morgan fingerprint density at radius 2 is 1.88 bits per heavy atom. The molecule has 2 N–H and O–H groups in total. The maximum absolute atomic E-state index is 12.1. The summed E-state index contributed by atoms with van der Waals surface area (Å²) < 4.78 is 31.5. The molecule has 0 spiro atoms. The number of nitrogens with one attached hydrogen (secondary N) is 2. The van der Waals surface area contributed by atoms with Crippen molar-refractivity contribution in [2.75, 3.05) is 20.2 Å². The van der Waals surface area contributed by atoms with Gasteiger partial charge in [0.2, 0.25) is 15.9 Å². The van der Waals surface area contributed by atoms with E-state index in [-0.39, 0.29) is 11.4 Å². The van der Waals surface area contributed by atoms with Crippen molar-refractivity contribution in [3.8, 4) is 5.75 Å². The minimum Gasteiger partial charge on any atom is -0.497 e. The Kier molecular flexibility index (Phi) is 6.81. The highest BCUT2D eigenvalue weighted by atomic mass is 35.5. The number of halogens is 1. The predicted octanol–water partition coefficient (Wildman–Crippen LogP) is 1.99. The van der Waals surface area contributed by atoms with Gasteiger partial charge < -0.3 is 10.1 Å². The summed E-state index contributed by atoms with van der Waals surface area (Å²) in [5.74, 6) is 0.347. The first-order chi connectivity index (χ1) is 11.9. The van der Waals surface area contributed by atoms with Crippen LogP contribution in [0.15, 0.2) is 53.4 Å². The van der Waals surface area contributed by atoms with Crippen molar-refractivity contribution in [1.82, 2.24) is 10.0 Å². The fraction of sp³-hybridized carbons (Fsp3) is 0.235. The smallest absolute Gasteiger partial charge is 0.241 e. The molecule has 0 saturated carbocycles. The van der Waals surface area contributed by atoms with Crippen LogP contribution in [-0.4, -0.2) is 34.5 Å². The van der Waals surface area contributed by atoms with E-state index >= 15 is 0 Å². The van der Waals surface area contributed by atoms with Gasteiger partial charge in [-0.15, -0.1) is 0 Å². The summed E-state index contributed by atoms with van der Waals surface area (Å²) >= 11 is 5.73. The van der Waals surface area contributed by atoms with E-state index in [2.05, 4.69) is 10.0 Å². The van der Waals surface area contributed by atoms with Gasteiger partial charge in [0.1, 0.15) is 5.75 Å². The highest BCUT2D eigenvalue weighted by molar-refractivity contribution is 7.89. The summed E-state index contributed by atoms with van der Waals surface area (Å²) in [6.07, 6.45) is 0.618. The van der Waals surface area contributed by atoms with Crippen LogP contribution in [0.2, 0.25) is 5.02 Å². The fourth-order valence-electron chi connectivity index (χ4n) is 2.09. The van der Waals surface area contributed by atoms with Crippen LogP contribution in [0.25, 0.3) is 0 Å². The first-order valence-electron chi connectivity index (χ1n) is 7.55. The average Bonchev–Trinajstić information content (AvgIpc) is 2.61. The van der Waals surface area contributed by atoms with Gasteiger partial charge in [-0.2, -0.15) is 0 Å². The van der Waals surface area contributed by atoms with Crippen molar-refractivity contribution < 1.29 is 17.9 Å². The van der Waals surface area contributed by atoms with E-state index in [1.165, 1.54) is 24.3 Å². The lowest BCUT2D eigenvalue weighted by Crippen LogP contribution is -2.37. The van der Waals surface area contributed by atoms with Gasteiger partial charge in [-0.1, -0.05) is 23.7 Å². The number of ether oxygens (including phenoxy) is 1. The third-order valence-corrected chi connectivity index (χ3v) is 5.09. The number of rotatable bonds is 8. The molecular weight excluding hydrogens is 364 g/mol. The molecule has 0 aliphatic carbocycles. The molecule has 25 heavy (non-hydrogen) atoms. The lowest BCUT2D eigenvalue weighted by atomic mass is 10.1. The lowest BCUT2D eigenvalue weighted by Gasteiger charge is -2.08. The van der Waals surface area contributed by atoms with Crippen LogP contribution in [-0.2, 0) is 21.2 Å². The van der Waals surface area contributed by atoms with Crippen LogP contribution in [0.3, 0.4) is 0 Å². The van der Waals surface area contributed by atoms with Gasteiger partial charge in [-0.25, -0.2) is 13.1 Å². The molecule has 0 aromatic heterocycles. The molecule has 2 aromatic carbocycles. The molecular formula is C17H19ClN2O4S. The summed E-state index contributed by atoms with van der Waals surface area (Å²) in [5, 5.41) is 3.11. The number of amides is 1. The summed E-state index contributed by atoms with van der Waals surface area (Å²) in [6.45, 7) is 0.0672. The molecule has 2 rings (SSSR count). The number of carbonyl (C=O) groups is 1. The number of benzene rings is 2. The zero-order valence-electron chi connectivity index (χ0n) is 13.7. The van der Waals surface area contributed by atoms with Crippen LogP contribution >= 0.6 is 11.6 Å². The molecule has 0 radical (unpaired) electrons. The summed E-state index contributed by atoms with van der Waals surface area (Å²) in [4.78, 5) is 11.9. The Balaban J connectivity index is 1.79. The fourth-order valence-corrected chi connectivity index (χ4v) is 3.20. The second-order valence-electron chi connectivity index (χ2n) is 5.23. The zero-order chi connectivity index (χ0) is 18.3. The van der Waals surface area contributed by atoms with Crippen LogP contribution < -0.4 is 14.8 Å². The van der Waals surface area contributed by atoms with Crippen molar-refractivity contribution >= 4 is 27.5 Å². The van der Waals surface area contributed by atoms with Gasteiger partial charge in [0.15, 0.2) is 0 Å². The average molecular weight is 383 g/mol. The maximum atomic E-state index is 12.1. The molecule has 8 heteroatoms. The first kappa shape index (κ1) is 19.2. The predicted molar refractivity (Wildman–Crippen MR) is 96.3 cm³/mol. The highest BCUT2D eigenvalue weighted by Crippen LogP contribution is 2.14. The summed E-state index contributed by atoms with van der Waals surface area (Å²) in [5.41, 5.74) is 1.02. The SMILES string of the molecule is COc1cccc(CCNC(=O)CNS(=O)(=O)c2ccc(Cl)cc2)c1. The molecule has 2 aromatic rings. The maximum Gasteiger partial charge on any atom is 0.241 e. The van der Waals surface area contributed by atoms with Gasteiger partial charge in [0.25, 0.3) is 0 Å². The van der Waals surface area contributed by atoms with Crippen molar-refractivity contribution in [2.24, 2.45) is 0 Å². The van der Waals surface area contributed by atoms with E-state index in [1.807, 2.05) is 24.3 Å². The molecule has 134 valence electrons. The molecule has 0 fully saturated rings. The monoisotopic (exact) mass is 382 g/mol. The standard InChI is InChI=1S/C17H19ClN2O4S/c1-24-15-4-2-3-13(11-15)9-10-19-17(21)12-20-25(22,23)16-7-5-14(18)6-8-16/h2-8,11,20H,9-10,12H2,1H3,(H,19,21). The van der Waals surface area contributed by atoms with Crippen LogP contribution in [0.5, 0.6) is 5.75 Å². The lowest BCUT2D eigenvalue weighted by molar-refractivity contribution is -0.119. The van der Waals surface area contributed by atoms with Crippen LogP contribution in [0.4, 0.5) is 0 Å². The van der Waals surface area contributed by atoms with Crippen molar-refractivity contribution in [1.29, 1.82) is 0 Å². The largest absolute Gasteiger partial charge is 0.497 e. The number of carbonyl (C=O) groups excluding carboxylic acids is 1. The zero-order valence-corrected chi connectivity index (χ0v) is 15.2. The van der Waals surface area contributed by atoms with E-state index in [1.54, 1.807) is 7.11 Å². The summed E-state index contributed by atoms with van der Waals surface area (Å²) in [7, 11) is -2.15. The third-order valence-electron chi connectivity index (χ3n) is 3.42. The molecule has 0 saturated heterocycles. The van der Waals surface area contributed by atoms with Gasteiger partial charge in [0, 0.05) is 11.6 Å². The Morgan fingerprint density at radius 1 is 1.16 bits per heavy atom. The first-order valence-corrected chi connectivity index (χ1v) is 9.42. The van der Waals surface area contributed by atoms with Crippen LogP contribution in [0.1, 0.15) is 5.56 Å². The van der Waals surface area contributed by atoms with E-state index < -0.39 is 15.9 Å². The van der Waals surface area contributed by atoms with E-state index in [4.69, 9.17) is 16.3 Å². The van der Waals surface area contributed by atoms with Gasteiger partial charge in [0.05, 0.1) is 18.6 Å². The normalized spacial score (nSPS) is 11.1. The topological polar surface area (TPSA) is 84.5 Å². The molecule has 0 aliphatic rings. The van der Waals surface area contributed by atoms with Gasteiger partial charge >= 0.3 is 0 Å². The number of hydrogen-bond donors (Lipinski definition) is 2. The Bertz CT molecular complexity index is 823. The number of sulfonamides is 1. The molecule has 0 atom stereocenters. The minimum atomic E-state index is -3.74. The van der Waals surface area contributed by atoms with E-state index in [9.17, 15) is 13.2 Å². The summed E-state index contributed by atoms with van der Waals surface area (Å²) in [6, 6.07) is 13.2. The second-order valence-corrected chi connectivity index (χ2v) is 7.43. The Hall–Kier alpha value is -2.09. The van der Waals surface area contributed by atoms with Crippen molar-refractivity contribution in [3.05, 3.63) is 59.1 Å². The molecule has 0 heterocycles. The van der Waals surface area contributed by atoms with Gasteiger partial charge in [-0.05, 0) is 48.4 Å². The molecule has 0 aliphatic heterocycles. The number of methoxy groups -OCH3 is 1. The van der Waals surface area contributed by atoms with Crippen molar-refractivity contribution in [3.63, 3.8) is 0 Å². The van der Waals surface area contributed by atoms with Crippen LogP contribution in [0, 0.1) is 0 Å². The Morgan fingerprint density at radius 3 is 2.56 bits per heavy atom. The minimum absolute atomic E-state index is 0.0566. The molecule has 1 amide bonds.